The Hall–Kier alpha value is -2.55. The number of ether oxygens (including phenoxy) is 1. The minimum absolute atomic E-state index is 0.0919. The molecule has 9 heteroatoms. The minimum atomic E-state index is -4.69. The van der Waals surface area contributed by atoms with Crippen molar-refractivity contribution in [3.63, 3.8) is 0 Å². The van der Waals surface area contributed by atoms with E-state index in [-0.39, 0.29) is 12.4 Å². The molecule has 0 saturated heterocycles. The van der Waals surface area contributed by atoms with Crippen molar-refractivity contribution in [3.05, 3.63) is 41.1 Å². The molecule has 1 aliphatic rings. The lowest BCUT2D eigenvalue weighted by molar-refractivity contribution is -0.274. The molecule has 0 aliphatic carbocycles. The molecule has 1 aromatic heterocycles. The number of benzene rings is 1. The highest BCUT2D eigenvalue weighted by atomic mass is 19.4. The number of nitrogens with zero attached hydrogens (tertiary/aromatic N) is 3. The second-order valence-corrected chi connectivity index (χ2v) is 6.34. The monoisotopic (exact) mass is 382 g/mol. The Bertz CT molecular complexity index is 799. The van der Waals surface area contributed by atoms with Crippen molar-refractivity contribution in [2.45, 2.75) is 32.7 Å². The summed E-state index contributed by atoms with van der Waals surface area (Å²) >= 11 is 0. The first kappa shape index (κ1) is 19.2. The second-order valence-electron chi connectivity index (χ2n) is 6.34. The van der Waals surface area contributed by atoms with Gasteiger partial charge in [-0.1, -0.05) is 6.07 Å². The molecule has 3 rings (SSSR count). The number of aryl methyl sites for hydroxylation is 1. The number of anilines is 2. The van der Waals surface area contributed by atoms with Crippen LogP contribution in [0.3, 0.4) is 0 Å². The van der Waals surface area contributed by atoms with E-state index in [9.17, 15) is 13.2 Å². The van der Waals surface area contributed by atoms with E-state index in [0.717, 1.165) is 22.6 Å². The van der Waals surface area contributed by atoms with Gasteiger partial charge in [0, 0.05) is 38.0 Å². The number of hydrogen-bond acceptors (Lipinski definition) is 6. The Kier molecular flexibility index (Phi) is 5.69. The van der Waals surface area contributed by atoms with Crippen LogP contribution in [-0.2, 0) is 13.0 Å². The van der Waals surface area contributed by atoms with E-state index in [0.29, 0.717) is 38.4 Å². The van der Waals surface area contributed by atoms with Crippen molar-refractivity contribution in [3.8, 4) is 5.75 Å². The third kappa shape index (κ3) is 5.22. The maximum atomic E-state index is 12.4. The number of nitrogens with one attached hydrogen (secondary N) is 1. The summed E-state index contributed by atoms with van der Waals surface area (Å²) in [6.45, 7) is 3.73. The highest BCUT2D eigenvalue weighted by Gasteiger charge is 2.31. The Morgan fingerprint density at radius 3 is 2.78 bits per heavy atom. The largest absolute Gasteiger partial charge is 0.573 e. The molecule has 0 fully saturated rings. The maximum absolute atomic E-state index is 12.4. The normalized spacial score (nSPS) is 14.0. The van der Waals surface area contributed by atoms with Crippen molar-refractivity contribution in [2.24, 2.45) is 0 Å². The van der Waals surface area contributed by atoms with Gasteiger partial charge >= 0.3 is 6.36 Å². The summed E-state index contributed by atoms with van der Waals surface area (Å²) in [4.78, 5) is 10.9. The van der Waals surface area contributed by atoms with E-state index in [1.807, 2.05) is 13.0 Å². The lowest BCUT2D eigenvalue weighted by Gasteiger charge is -2.30. The topological polar surface area (TPSA) is 70.5 Å². The van der Waals surface area contributed by atoms with Gasteiger partial charge in [0.05, 0.1) is 0 Å². The number of alkyl halides is 3. The molecule has 2 N–H and O–H groups in total. The molecule has 0 saturated carbocycles. The smallest absolute Gasteiger partial charge is 0.406 e. The van der Waals surface area contributed by atoms with E-state index in [2.05, 4.69) is 24.9 Å². The zero-order chi connectivity index (χ0) is 19.4. The van der Waals surface area contributed by atoms with Crippen molar-refractivity contribution < 1.29 is 23.0 Å². The number of aromatic nitrogens is 2. The van der Waals surface area contributed by atoms with Gasteiger partial charge in [0.15, 0.2) is 0 Å². The van der Waals surface area contributed by atoms with Crippen LogP contribution in [0.1, 0.15) is 23.2 Å². The summed E-state index contributed by atoms with van der Waals surface area (Å²) in [5.41, 5.74) is 2.60. The number of halogens is 3. The van der Waals surface area contributed by atoms with Gasteiger partial charge in [-0.3, -0.25) is 0 Å². The number of fused-ring (bicyclic) bond motifs is 1. The van der Waals surface area contributed by atoms with Gasteiger partial charge in [0.25, 0.3) is 0 Å². The molecule has 2 heterocycles. The summed E-state index contributed by atoms with van der Waals surface area (Å²) in [5, 5.41) is 12.0. The van der Waals surface area contributed by atoms with Crippen molar-refractivity contribution in [1.29, 1.82) is 0 Å². The number of hydrogen-bond donors (Lipinski definition) is 2. The molecule has 0 amide bonds. The van der Waals surface area contributed by atoms with Crippen molar-refractivity contribution in [2.75, 3.05) is 29.9 Å². The fourth-order valence-corrected chi connectivity index (χ4v) is 2.99. The van der Waals surface area contributed by atoms with E-state index in [1.54, 1.807) is 6.07 Å². The minimum Gasteiger partial charge on any atom is -0.406 e. The molecule has 0 unspecified atom stereocenters. The first-order valence-electron chi connectivity index (χ1n) is 8.67. The van der Waals surface area contributed by atoms with Crippen LogP contribution < -0.4 is 15.0 Å². The summed E-state index contributed by atoms with van der Waals surface area (Å²) in [6, 6.07) is 6.33. The average Bonchev–Trinajstić information content (AvgIpc) is 2.59. The Balaban J connectivity index is 1.74. The number of rotatable bonds is 6. The molecule has 1 aromatic carbocycles. The van der Waals surface area contributed by atoms with Crippen molar-refractivity contribution in [1.82, 2.24) is 9.97 Å². The van der Waals surface area contributed by atoms with Crippen LogP contribution in [0.15, 0.2) is 24.3 Å². The van der Waals surface area contributed by atoms with Crippen LogP contribution in [0.25, 0.3) is 0 Å². The predicted octanol–water partition coefficient (Wildman–Crippen LogP) is 3.04. The Morgan fingerprint density at radius 1 is 1.22 bits per heavy atom. The molecule has 0 radical (unpaired) electrons. The van der Waals surface area contributed by atoms with Crippen LogP contribution in [0.2, 0.25) is 0 Å². The standard InChI is InChI=1S/C18H21F3N4O2/c1-12-9-16(24-17(23-12)22-6-2-8-26)25-7-5-13-10-15(27-18(19,20)21)4-3-14(13)11-25/h3-4,9-10,26H,2,5-8,11H2,1H3,(H,22,23,24). The fourth-order valence-electron chi connectivity index (χ4n) is 2.99. The summed E-state index contributed by atoms with van der Waals surface area (Å²) < 4.78 is 41.1. The van der Waals surface area contributed by atoms with Gasteiger partial charge < -0.3 is 20.1 Å². The van der Waals surface area contributed by atoms with Crippen LogP contribution in [0.5, 0.6) is 5.75 Å². The average molecular weight is 382 g/mol. The summed E-state index contributed by atoms with van der Waals surface area (Å²) in [5.74, 6) is 1.07. The molecular formula is C18H21F3N4O2. The highest BCUT2D eigenvalue weighted by Crippen LogP contribution is 2.29. The maximum Gasteiger partial charge on any atom is 0.573 e. The second kappa shape index (κ2) is 7.99. The van der Waals surface area contributed by atoms with Crippen LogP contribution in [-0.4, -0.2) is 41.1 Å². The quantitative estimate of drug-likeness (QED) is 0.749. The zero-order valence-electron chi connectivity index (χ0n) is 14.9. The lowest BCUT2D eigenvalue weighted by Crippen LogP contribution is -2.31. The van der Waals surface area contributed by atoms with Gasteiger partial charge in [0.2, 0.25) is 5.95 Å². The lowest BCUT2D eigenvalue weighted by atomic mass is 9.99. The Morgan fingerprint density at radius 2 is 2.04 bits per heavy atom. The van der Waals surface area contributed by atoms with Crippen LogP contribution >= 0.6 is 0 Å². The molecule has 27 heavy (non-hydrogen) atoms. The predicted molar refractivity (Wildman–Crippen MR) is 94.8 cm³/mol. The highest BCUT2D eigenvalue weighted by molar-refractivity contribution is 5.49. The number of aliphatic hydroxyl groups is 1. The van der Waals surface area contributed by atoms with E-state index >= 15 is 0 Å². The van der Waals surface area contributed by atoms with Crippen LogP contribution in [0.4, 0.5) is 24.9 Å². The third-order valence-corrected chi connectivity index (χ3v) is 4.21. The summed E-state index contributed by atoms with van der Waals surface area (Å²) in [7, 11) is 0. The molecular weight excluding hydrogens is 361 g/mol. The molecule has 2 aromatic rings. The van der Waals surface area contributed by atoms with Gasteiger partial charge in [-0.05, 0) is 43.0 Å². The van der Waals surface area contributed by atoms with Crippen LogP contribution in [0, 0.1) is 6.92 Å². The first-order chi connectivity index (χ1) is 12.8. The van der Waals surface area contributed by atoms with E-state index in [1.165, 1.54) is 12.1 Å². The molecule has 0 spiro atoms. The number of aliphatic hydroxyl groups excluding tert-OH is 1. The fraction of sp³-hybridized carbons (Fsp3) is 0.444. The van der Waals surface area contributed by atoms with Gasteiger partial charge in [-0.15, -0.1) is 13.2 Å². The Labute approximate surface area is 155 Å². The third-order valence-electron chi connectivity index (χ3n) is 4.21. The van der Waals surface area contributed by atoms with E-state index < -0.39 is 6.36 Å². The molecule has 1 aliphatic heterocycles. The molecule has 0 atom stereocenters. The summed E-state index contributed by atoms with van der Waals surface area (Å²) in [6.07, 6.45) is -3.49. The molecule has 6 nitrogen and oxygen atoms in total. The van der Waals surface area contributed by atoms with Gasteiger partial charge in [0.1, 0.15) is 11.6 Å². The first-order valence-corrected chi connectivity index (χ1v) is 8.67. The van der Waals surface area contributed by atoms with Gasteiger partial charge in [-0.2, -0.15) is 4.98 Å². The molecule has 146 valence electrons. The zero-order valence-corrected chi connectivity index (χ0v) is 14.9. The van der Waals surface area contributed by atoms with Gasteiger partial charge in [-0.25, -0.2) is 4.98 Å². The van der Waals surface area contributed by atoms with Crippen molar-refractivity contribution >= 4 is 11.8 Å². The van der Waals surface area contributed by atoms with E-state index in [4.69, 9.17) is 5.11 Å². The SMILES string of the molecule is Cc1cc(N2CCc3cc(OC(F)(F)F)ccc3C2)nc(NCCCO)n1. The molecule has 0 bridgehead atoms.